The van der Waals surface area contributed by atoms with Crippen molar-refractivity contribution < 1.29 is 9.53 Å². The zero-order chi connectivity index (χ0) is 17.0. The van der Waals surface area contributed by atoms with Crippen molar-refractivity contribution in [2.45, 2.75) is 32.5 Å². The molecule has 0 spiro atoms. The van der Waals surface area contributed by atoms with Crippen molar-refractivity contribution in [3.63, 3.8) is 0 Å². The van der Waals surface area contributed by atoms with Gasteiger partial charge in [-0.3, -0.25) is 9.69 Å². The third-order valence-corrected chi connectivity index (χ3v) is 4.79. The number of ether oxygens (including phenoxy) is 1. The second-order valence-corrected chi connectivity index (χ2v) is 6.63. The molecule has 0 unspecified atom stereocenters. The van der Waals surface area contributed by atoms with Gasteiger partial charge in [-0.1, -0.05) is 18.2 Å². The lowest BCUT2D eigenvalue weighted by Gasteiger charge is -2.42. The van der Waals surface area contributed by atoms with Crippen LogP contribution in [0.3, 0.4) is 0 Å². The number of amides is 1. The van der Waals surface area contributed by atoms with Gasteiger partial charge in [0.25, 0.3) is 0 Å². The van der Waals surface area contributed by atoms with Crippen molar-refractivity contribution in [2.24, 2.45) is 0 Å². The van der Waals surface area contributed by atoms with E-state index in [2.05, 4.69) is 30.7 Å². The Morgan fingerprint density at radius 3 is 2.65 bits per heavy atom. The Balaban J connectivity index is 1.95. The molecule has 0 N–H and O–H groups in total. The molecule has 1 fully saturated rings. The van der Waals surface area contributed by atoms with E-state index in [9.17, 15) is 4.79 Å². The van der Waals surface area contributed by atoms with Gasteiger partial charge in [-0.05, 0) is 27.0 Å². The number of carbonyl (C=O) groups excluding carboxylic acids is 1. The van der Waals surface area contributed by atoms with Gasteiger partial charge < -0.3 is 14.5 Å². The first-order valence-electron chi connectivity index (χ1n) is 8.22. The molecular weight excluding hydrogens is 290 g/mol. The smallest absolute Gasteiger partial charge is 0.236 e. The Bertz CT molecular complexity index is 535. The topological polar surface area (TPSA) is 36.0 Å². The third kappa shape index (κ3) is 4.45. The van der Waals surface area contributed by atoms with E-state index in [1.165, 1.54) is 0 Å². The molecule has 1 aromatic rings. The Morgan fingerprint density at radius 1 is 1.26 bits per heavy atom. The van der Waals surface area contributed by atoms with Gasteiger partial charge in [-0.2, -0.15) is 0 Å². The molecule has 2 rings (SSSR count). The minimum atomic E-state index is 0.152. The van der Waals surface area contributed by atoms with E-state index < -0.39 is 0 Å². The predicted molar refractivity (Wildman–Crippen MR) is 92.6 cm³/mol. The van der Waals surface area contributed by atoms with Crippen LogP contribution in [0.2, 0.25) is 0 Å². The molecule has 1 heterocycles. The summed E-state index contributed by atoms with van der Waals surface area (Å²) in [4.78, 5) is 19.0. The summed E-state index contributed by atoms with van der Waals surface area (Å²) in [6.07, 6.45) is 0. The average molecular weight is 319 g/mol. The van der Waals surface area contributed by atoms with Gasteiger partial charge in [0.05, 0.1) is 13.7 Å². The Morgan fingerprint density at radius 2 is 1.96 bits per heavy atom. The number of benzene rings is 1. The monoisotopic (exact) mass is 319 g/mol. The van der Waals surface area contributed by atoms with E-state index in [1.54, 1.807) is 12.0 Å². The molecule has 0 bridgehead atoms. The lowest BCUT2D eigenvalue weighted by molar-refractivity contribution is -0.133. The number of nitrogens with zero attached hydrogens (tertiary/aromatic N) is 3. The minimum absolute atomic E-state index is 0.152. The van der Waals surface area contributed by atoms with E-state index in [0.717, 1.165) is 24.4 Å². The predicted octanol–water partition coefficient (Wildman–Crippen LogP) is 1.68. The normalized spacial score (nSPS) is 22.8. The number of carbonyl (C=O) groups is 1. The fourth-order valence-electron chi connectivity index (χ4n) is 3.06. The standard InChI is InChI=1S/C18H29N3O2/c1-14-11-21(15(2)10-19(14)3)13-18(22)20(4)12-16-8-6-7-9-17(16)23-5/h6-9,14-15H,10-13H2,1-5H3/t14-,15+/m1/s1. The zero-order valence-corrected chi connectivity index (χ0v) is 15.0. The van der Waals surface area contributed by atoms with Gasteiger partial charge in [-0.25, -0.2) is 0 Å². The van der Waals surface area contributed by atoms with Crippen LogP contribution in [0.15, 0.2) is 24.3 Å². The molecule has 1 aliphatic rings. The Kier molecular flexibility index (Phi) is 6.02. The van der Waals surface area contributed by atoms with E-state index >= 15 is 0 Å². The van der Waals surface area contributed by atoms with E-state index in [-0.39, 0.29) is 5.91 Å². The largest absolute Gasteiger partial charge is 0.496 e. The first kappa shape index (κ1) is 17.8. The summed E-state index contributed by atoms with van der Waals surface area (Å²) in [5, 5.41) is 0. The number of likely N-dealkylation sites (N-methyl/N-ethyl adjacent to an activating group) is 2. The molecule has 2 atom stereocenters. The maximum absolute atomic E-state index is 12.6. The van der Waals surface area contributed by atoms with Crippen molar-refractivity contribution in [3.8, 4) is 5.75 Å². The lowest BCUT2D eigenvalue weighted by atomic mass is 10.1. The summed E-state index contributed by atoms with van der Waals surface area (Å²) < 4.78 is 5.36. The molecule has 1 aromatic carbocycles. The Labute approximate surface area is 139 Å². The van der Waals surface area contributed by atoms with E-state index in [1.807, 2.05) is 31.3 Å². The molecule has 5 nitrogen and oxygen atoms in total. The van der Waals surface area contributed by atoms with Gasteiger partial charge in [0, 0.05) is 44.3 Å². The van der Waals surface area contributed by atoms with Gasteiger partial charge in [0.2, 0.25) is 5.91 Å². The van der Waals surface area contributed by atoms with Gasteiger partial charge in [0.15, 0.2) is 0 Å². The molecule has 1 amide bonds. The summed E-state index contributed by atoms with van der Waals surface area (Å²) in [5.74, 6) is 0.980. The molecule has 0 saturated carbocycles. The molecule has 5 heteroatoms. The Hall–Kier alpha value is -1.59. The first-order valence-corrected chi connectivity index (χ1v) is 8.22. The van der Waals surface area contributed by atoms with Gasteiger partial charge in [-0.15, -0.1) is 0 Å². The van der Waals surface area contributed by atoms with Crippen molar-refractivity contribution in [1.82, 2.24) is 14.7 Å². The van der Waals surface area contributed by atoms with Gasteiger partial charge >= 0.3 is 0 Å². The quantitative estimate of drug-likeness (QED) is 0.827. The number of hydrogen-bond acceptors (Lipinski definition) is 4. The number of piperazine rings is 1. The molecule has 23 heavy (non-hydrogen) atoms. The molecule has 0 aromatic heterocycles. The SMILES string of the molecule is COc1ccccc1CN(C)C(=O)CN1C[C@@H](C)N(C)C[C@@H]1C. The number of rotatable bonds is 5. The highest BCUT2D eigenvalue weighted by atomic mass is 16.5. The zero-order valence-electron chi connectivity index (χ0n) is 15.0. The number of para-hydroxylation sites is 1. The highest BCUT2D eigenvalue weighted by Gasteiger charge is 2.28. The molecule has 0 aliphatic carbocycles. The van der Waals surface area contributed by atoms with Crippen LogP contribution in [0.5, 0.6) is 5.75 Å². The summed E-state index contributed by atoms with van der Waals surface area (Å²) in [5.41, 5.74) is 1.03. The summed E-state index contributed by atoms with van der Waals surface area (Å²) >= 11 is 0. The molecular formula is C18H29N3O2. The summed E-state index contributed by atoms with van der Waals surface area (Å²) in [6, 6.07) is 8.73. The van der Waals surface area contributed by atoms with Crippen LogP contribution in [0, 0.1) is 0 Å². The van der Waals surface area contributed by atoms with Crippen molar-refractivity contribution >= 4 is 5.91 Å². The fraction of sp³-hybridized carbons (Fsp3) is 0.611. The van der Waals surface area contributed by atoms with Crippen LogP contribution >= 0.6 is 0 Å². The third-order valence-electron chi connectivity index (χ3n) is 4.79. The maximum Gasteiger partial charge on any atom is 0.236 e. The average Bonchev–Trinajstić information content (AvgIpc) is 2.53. The maximum atomic E-state index is 12.6. The van der Waals surface area contributed by atoms with Gasteiger partial charge in [0.1, 0.15) is 5.75 Å². The highest BCUT2D eigenvalue weighted by Crippen LogP contribution is 2.19. The second-order valence-electron chi connectivity index (χ2n) is 6.63. The van der Waals surface area contributed by atoms with Crippen LogP contribution in [0.4, 0.5) is 0 Å². The van der Waals surface area contributed by atoms with Crippen LogP contribution in [-0.2, 0) is 11.3 Å². The lowest BCUT2D eigenvalue weighted by Crippen LogP contribution is -2.56. The van der Waals surface area contributed by atoms with Crippen molar-refractivity contribution in [3.05, 3.63) is 29.8 Å². The molecule has 1 saturated heterocycles. The van der Waals surface area contributed by atoms with Crippen molar-refractivity contribution in [1.29, 1.82) is 0 Å². The second kappa shape index (κ2) is 7.79. The summed E-state index contributed by atoms with van der Waals surface area (Å²) in [7, 11) is 5.67. The van der Waals surface area contributed by atoms with E-state index in [4.69, 9.17) is 4.74 Å². The number of hydrogen-bond donors (Lipinski definition) is 0. The van der Waals surface area contributed by atoms with Crippen LogP contribution in [-0.4, -0.2) is 73.5 Å². The molecule has 0 radical (unpaired) electrons. The number of methoxy groups -OCH3 is 1. The molecule has 128 valence electrons. The first-order chi connectivity index (χ1) is 10.9. The van der Waals surface area contributed by atoms with Crippen LogP contribution in [0.25, 0.3) is 0 Å². The van der Waals surface area contributed by atoms with Crippen LogP contribution < -0.4 is 4.74 Å². The molecule has 1 aliphatic heterocycles. The highest BCUT2D eigenvalue weighted by molar-refractivity contribution is 5.78. The van der Waals surface area contributed by atoms with E-state index in [0.29, 0.717) is 25.2 Å². The van der Waals surface area contributed by atoms with Crippen molar-refractivity contribution in [2.75, 3.05) is 40.8 Å². The summed E-state index contributed by atoms with van der Waals surface area (Å²) in [6.45, 7) is 7.39. The van der Waals surface area contributed by atoms with Crippen LogP contribution in [0.1, 0.15) is 19.4 Å². The fourth-order valence-corrected chi connectivity index (χ4v) is 3.06. The minimum Gasteiger partial charge on any atom is -0.496 e.